The Morgan fingerprint density at radius 1 is 1.21 bits per heavy atom. The number of benzene rings is 1. The van der Waals surface area contributed by atoms with Gasteiger partial charge in [0.2, 0.25) is 10.0 Å². The third-order valence-electron chi connectivity index (χ3n) is 3.58. The van der Waals surface area contributed by atoms with Crippen molar-refractivity contribution in [3.63, 3.8) is 0 Å². The minimum absolute atomic E-state index is 0.227. The zero-order chi connectivity index (χ0) is 13.7. The monoisotopic (exact) mass is 301 g/mol. The molecule has 0 amide bonds. The highest BCUT2D eigenvalue weighted by molar-refractivity contribution is 7.90. The predicted molar refractivity (Wildman–Crippen MR) is 79.0 cm³/mol. The zero-order valence-electron chi connectivity index (χ0n) is 10.9. The van der Waals surface area contributed by atoms with Crippen LogP contribution in [0, 0.1) is 0 Å². The summed E-state index contributed by atoms with van der Waals surface area (Å²) in [6.07, 6.45) is 4.20. The van der Waals surface area contributed by atoms with Crippen molar-refractivity contribution in [1.82, 2.24) is 4.72 Å². The Kier molecular flexibility index (Phi) is 5.25. The molecule has 1 atom stereocenters. The van der Waals surface area contributed by atoms with Gasteiger partial charge in [0.1, 0.15) is 0 Å². The van der Waals surface area contributed by atoms with E-state index in [9.17, 15) is 8.42 Å². The second-order valence-corrected chi connectivity index (χ2v) is 7.41. The van der Waals surface area contributed by atoms with Crippen molar-refractivity contribution in [3.05, 3.63) is 35.9 Å². The third-order valence-corrected chi connectivity index (χ3v) is 5.97. The summed E-state index contributed by atoms with van der Waals surface area (Å²) >= 11 is 5.90. The van der Waals surface area contributed by atoms with Crippen LogP contribution in [0.25, 0.3) is 0 Å². The summed E-state index contributed by atoms with van der Waals surface area (Å²) in [4.78, 5) is 0. The molecule has 1 fully saturated rings. The Bertz CT molecular complexity index is 483. The fourth-order valence-electron chi connectivity index (χ4n) is 2.55. The van der Waals surface area contributed by atoms with Gasteiger partial charge in [0.15, 0.2) is 0 Å². The molecule has 0 bridgehead atoms. The minimum atomic E-state index is -3.23. The average molecular weight is 302 g/mol. The van der Waals surface area contributed by atoms with Gasteiger partial charge in [-0.3, -0.25) is 0 Å². The smallest absolute Gasteiger partial charge is 0.212 e. The molecular weight excluding hydrogens is 282 g/mol. The SMILES string of the molecule is O=S(=O)(NC(CCl)Cc1ccccc1)C1CCCC1. The molecule has 1 aliphatic carbocycles. The molecular formula is C14H20ClNO2S. The minimum Gasteiger partial charge on any atom is -0.212 e. The van der Waals surface area contributed by atoms with E-state index in [1.807, 2.05) is 30.3 Å². The topological polar surface area (TPSA) is 46.2 Å². The van der Waals surface area contributed by atoms with Crippen molar-refractivity contribution in [2.45, 2.75) is 43.4 Å². The molecule has 19 heavy (non-hydrogen) atoms. The molecule has 1 aromatic rings. The number of rotatable bonds is 6. The molecule has 1 aromatic carbocycles. The Hall–Kier alpha value is -0.580. The Balaban J connectivity index is 1.98. The molecule has 0 saturated heterocycles. The number of alkyl halides is 1. The van der Waals surface area contributed by atoms with E-state index in [1.54, 1.807) is 0 Å². The van der Waals surface area contributed by atoms with Crippen molar-refractivity contribution >= 4 is 21.6 Å². The molecule has 1 aliphatic rings. The lowest BCUT2D eigenvalue weighted by atomic mass is 10.1. The molecule has 2 rings (SSSR count). The largest absolute Gasteiger partial charge is 0.214 e. The van der Waals surface area contributed by atoms with Gasteiger partial charge >= 0.3 is 0 Å². The Labute approximate surface area is 120 Å². The van der Waals surface area contributed by atoms with Crippen LogP contribution in [0.15, 0.2) is 30.3 Å². The lowest BCUT2D eigenvalue weighted by Crippen LogP contribution is -2.42. The molecule has 0 heterocycles. The quantitative estimate of drug-likeness (QED) is 0.821. The zero-order valence-corrected chi connectivity index (χ0v) is 12.5. The lowest BCUT2D eigenvalue weighted by molar-refractivity contribution is 0.545. The number of nitrogens with one attached hydrogen (secondary N) is 1. The normalized spacial score (nSPS) is 18.6. The first-order valence-electron chi connectivity index (χ1n) is 6.73. The van der Waals surface area contributed by atoms with E-state index < -0.39 is 10.0 Å². The van der Waals surface area contributed by atoms with Crippen LogP contribution in [0.4, 0.5) is 0 Å². The van der Waals surface area contributed by atoms with Gasteiger partial charge in [0.25, 0.3) is 0 Å². The highest BCUT2D eigenvalue weighted by atomic mass is 35.5. The molecule has 0 spiro atoms. The highest BCUT2D eigenvalue weighted by Gasteiger charge is 2.30. The van der Waals surface area contributed by atoms with Crippen LogP contribution in [0.1, 0.15) is 31.2 Å². The van der Waals surface area contributed by atoms with Crippen LogP contribution < -0.4 is 4.72 Å². The van der Waals surface area contributed by atoms with E-state index in [4.69, 9.17) is 11.6 Å². The van der Waals surface area contributed by atoms with E-state index in [0.717, 1.165) is 31.2 Å². The first-order chi connectivity index (χ1) is 9.12. The third kappa shape index (κ3) is 4.20. The van der Waals surface area contributed by atoms with Gasteiger partial charge in [-0.25, -0.2) is 13.1 Å². The predicted octanol–water partition coefficient (Wildman–Crippen LogP) is 2.70. The van der Waals surface area contributed by atoms with E-state index >= 15 is 0 Å². The van der Waals surface area contributed by atoms with Crippen molar-refractivity contribution < 1.29 is 8.42 Å². The molecule has 106 valence electrons. The Morgan fingerprint density at radius 2 is 1.84 bits per heavy atom. The van der Waals surface area contributed by atoms with Crippen molar-refractivity contribution in [3.8, 4) is 0 Å². The number of hydrogen-bond acceptors (Lipinski definition) is 2. The van der Waals surface area contributed by atoms with Gasteiger partial charge < -0.3 is 0 Å². The summed E-state index contributed by atoms with van der Waals surface area (Å²) in [5.41, 5.74) is 1.10. The van der Waals surface area contributed by atoms with Gasteiger partial charge in [0, 0.05) is 11.9 Å². The summed E-state index contributed by atoms with van der Waals surface area (Å²) in [6.45, 7) is 0. The highest BCUT2D eigenvalue weighted by Crippen LogP contribution is 2.24. The van der Waals surface area contributed by atoms with Crippen LogP contribution in [-0.4, -0.2) is 25.6 Å². The van der Waals surface area contributed by atoms with Crippen molar-refractivity contribution in [1.29, 1.82) is 0 Å². The second kappa shape index (κ2) is 6.73. The van der Waals surface area contributed by atoms with Crippen LogP contribution >= 0.6 is 11.6 Å². The van der Waals surface area contributed by atoms with Gasteiger partial charge in [-0.1, -0.05) is 43.2 Å². The van der Waals surface area contributed by atoms with E-state index in [-0.39, 0.29) is 11.3 Å². The summed E-state index contributed by atoms with van der Waals surface area (Å²) in [6, 6.07) is 9.60. The van der Waals surface area contributed by atoms with Crippen LogP contribution in [0.5, 0.6) is 0 Å². The van der Waals surface area contributed by atoms with Gasteiger partial charge in [0.05, 0.1) is 5.25 Å². The first-order valence-corrected chi connectivity index (χ1v) is 8.81. The molecule has 5 heteroatoms. The Morgan fingerprint density at radius 3 is 2.42 bits per heavy atom. The maximum absolute atomic E-state index is 12.2. The molecule has 1 saturated carbocycles. The standard InChI is InChI=1S/C14H20ClNO2S/c15-11-13(10-12-6-2-1-3-7-12)16-19(17,18)14-8-4-5-9-14/h1-3,6-7,13-14,16H,4-5,8-11H2. The molecule has 1 unspecified atom stereocenters. The maximum atomic E-state index is 12.2. The summed E-state index contributed by atoms with van der Waals surface area (Å²) in [5, 5.41) is -0.228. The van der Waals surface area contributed by atoms with Crippen molar-refractivity contribution in [2.75, 3.05) is 5.88 Å². The fourth-order valence-corrected chi connectivity index (χ4v) is 4.61. The first kappa shape index (κ1) is 14.8. The van der Waals surface area contributed by atoms with Crippen molar-refractivity contribution in [2.24, 2.45) is 0 Å². The molecule has 3 nitrogen and oxygen atoms in total. The lowest BCUT2D eigenvalue weighted by Gasteiger charge is -2.19. The number of halogens is 1. The second-order valence-electron chi connectivity index (χ2n) is 5.11. The van der Waals surface area contributed by atoms with Crippen LogP contribution in [-0.2, 0) is 16.4 Å². The van der Waals surface area contributed by atoms with E-state index in [0.29, 0.717) is 12.3 Å². The maximum Gasteiger partial charge on any atom is 0.214 e. The van der Waals surface area contributed by atoms with Gasteiger partial charge in [-0.05, 0) is 24.8 Å². The molecule has 0 aliphatic heterocycles. The summed E-state index contributed by atoms with van der Waals surface area (Å²) < 4.78 is 27.2. The average Bonchev–Trinajstić information content (AvgIpc) is 2.93. The van der Waals surface area contributed by atoms with Gasteiger partial charge in [-0.2, -0.15) is 0 Å². The molecule has 1 N–H and O–H groups in total. The molecule has 0 aromatic heterocycles. The van der Waals surface area contributed by atoms with E-state index in [1.165, 1.54) is 0 Å². The summed E-state index contributed by atoms with van der Waals surface area (Å²) in [5.74, 6) is 0.293. The number of hydrogen-bond donors (Lipinski definition) is 1. The molecule has 0 radical (unpaired) electrons. The summed E-state index contributed by atoms with van der Waals surface area (Å²) in [7, 11) is -3.23. The number of sulfonamides is 1. The fraction of sp³-hybridized carbons (Fsp3) is 0.571. The van der Waals surface area contributed by atoms with Crippen LogP contribution in [0.2, 0.25) is 0 Å². The van der Waals surface area contributed by atoms with Crippen LogP contribution in [0.3, 0.4) is 0 Å². The van der Waals surface area contributed by atoms with E-state index in [2.05, 4.69) is 4.72 Å². The van der Waals surface area contributed by atoms with Gasteiger partial charge in [-0.15, -0.1) is 11.6 Å².